The summed E-state index contributed by atoms with van der Waals surface area (Å²) in [6.07, 6.45) is 3.64. The van der Waals surface area contributed by atoms with Crippen molar-refractivity contribution in [2.24, 2.45) is 0 Å². The molecule has 0 radical (unpaired) electrons. The fraction of sp³-hybridized carbons (Fsp3) is 0.312. The summed E-state index contributed by atoms with van der Waals surface area (Å²) in [4.78, 5) is 26.5. The van der Waals surface area contributed by atoms with Crippen molar-refractivity contribution in [2.45, 2.75) is 19.8 Å². The Balaban J connectivity index is 1.82. The van der Waals surface area contributed by atoms with E-state index < -0.39 is 0 Å². The van der Waals surface area contributed by atoms with E-state index >= 15 is 0 Å². The highest BCUT2D eigenvalue weighted by atomic mass is 16.2. The van der Waals surface area contributed by atoms with Gasteiger partial charge in [-0.25, -0.2) is 0 Å². The lowest BCUT2D eigenvalue weighted by Gasteiger charge is -2.18. The molecule has 0 aliphatic carbocycles. The van der Waals surface area contributed by atoms with Crippen molar-refractivity contribution in [3.8, 4) is 0 Å². The van der Waals surface area contributed by atoms with Crippen LogP contribution in [0, 0.1) is 6.92 Å². The number of nitrogens with one attached hydrogen (secondary N) is 2. The maximum atomic E-state index is 12.5. The van der Waals surface area contributed by atoms with Crippen LogP contribution in [-0.4, -0.2) is 40.0 Å². The summed E-state index contributed by atoms with van der Waals surface area (Å²) in [6.45, 7) is 3.47. The zero-order chi connectivity index (χ0) is 15.5. The van der Waals surface area contributed by atoms with Crippen LogP contribution in [0.25, 0.3) is 0 Å². The quantitative estimate of drug-likeness (QED) is 0.912. The lowest BCUT2D eigenvalue weighted by Crippen LogP contribution is -2.28. The van der Waals surface area contributed by atoms with Crippen LogP contribution in [0.4, 0.5) is 5.69 Å². The van der Waals surface area contributed by atoms with Gasteiger partial charge in [0.25, 0.3) is 11.8 Å². The molecular weight excluding hydrogens is 280 g/mol. The second-order valence-corrected chi connectivity index (χ2v) is 5.40. The van der Waals surface area contributed by atoms with Gasteiger partial charge in [-0.3, -0.25) is 14.7 Å². The van der Waals surface area contributed by atoms with E-state index in [-0.39, 0.29) is 11.8 Å². The third kappa shape index (κ3) is 2.72. The van der Waals surface area contributed by atoms with E-state index in [0.29, 0.717) is 16.9 Å². The lowest BCUT2D eigenvalue weighted by molar-refractivity contribution is 0.0791. The van der Waals surface area contributed by atoms with Gasteiger partial charge in [-0.15, -0.1) is 0 Å². The Bertz CT molecular complexity index is 688. The van der Waals surface area contributed by atoms with E-state index in [9.17, 15) is 9.59 Å². The fourth-order valence-electron chi connectivity index (χ4n) is 2.67. The first-order valence-corrected chi connectivity index (χ1v) is 7.36. The van der Waals surface area contributed by atoms with Crippen LogP contribution in [0.3, 0.4) is 0 Å². The molecule has 0 spiro atoms. The number of hydrogen-bond donors (Lipinski definition) is 2. The molecule has 1 aliphatic heterocycles. The second-order valence-electron chi connectivity index (χ2n) is 5.40. The minimum absolute atomic E-state index is 0.0349. The standard InChI is InChI=1S/C16H18N4O2/c1-11-12(16(22)20-9-2-3-10-20)5-4-6-13(11)18-15(21)14-7-8-17-19-14/h4-8H,2-3,9-10H2,1H3,(H,17,19)(H,18,21). The van der Waals surface area contributed by atoms with Gasteiger partial charge in [-0.05, 0) is 43.5 Å². The zero-order valence-corrected chi connectivity index (χ0v) is 12.4. The number of carbonyl (C=O) groups excluding carboxylic acids is 2. The highest BCUT2D eigenvalue weighted by Gasteiger charge is 2.22. The van der Waals surface area contributed by atoms with Crippen LogP contribution >= 0.6 is 0 Å². The van der Waals surface area contributed by atoms with Crippen LogP contribution in [0.15, 0.2) is 30.5 Å². The predicted octanol–water partition coefficient (Wildman–Crippen LogP) is 2.21. The van der Waals surface area contributed by atoms with E-state index in [1.807, 2.05) is 17.9 Å². The third-order valence-corrected chi connectivity index (χ3v) is 3.95. The molecule has 1 fully saturated rings. The molecule has 1 aromatic heterocycles. The Kier molecular flexibility index (Phi) is 3.91. The van der Waals surface area contributed by atoms with Gasteiger partial charge in [0, 0.05) is 30.5 Å². The van der Waals surface area contributed by atoms with Crippen molar-refractivity contribution >= 4 is 17.5 Å². The maximum absolute atomic E-state index is 12.5. The van der Waals surface area contributed by atoms with Crippen LogP contribution in [0.5, 0.6) is 0 Å². The highest BCUT2D eigenvalue weighted by molar-refractivity contribution is 6.04. The molecular formula is C16H18N4O2. The Labute approximate surface area is 128 Å². The number of carbonyl (C=O) groups is 2. The molecule has 1 saturated heterocycles. The molecule has 2 aromatic rings. The maximum Gasteiger partial charge on any atom is 0.273 e. The topological polar surface area (TPSA) is 78.1 Å². The van der Waals surface area contributed by atoms with E-state index in [0.717, 1.165) is 31.5 Å². The van der Waals surface area contributed by atoms with E-state index in [4.69, 9.17) is 0 Å². The Morgan fingerprint density at radius 2 is 2.00 bits per heavy atom. The minimum Gasteiger partial charge on any atom is -0.339 e. The third-order valence-electron chi connectivity index (χ3n) is 3.95. The number of nitrogens with zero attached hydrogens (tertiary/aromatic N) is 2. The molecule has 1 aromatic carbocycles. The van der Waals surface area contributed by atoms with Gasteiger partial charge in [0.15, 0.2) is 0 Å². The van der Waals surface area contributed by atoms with Crippen molar-refractivity contribution in [3.05, 3.63) is 47.3 Å². The van der Waals surface area contributed by atoms with Crippen molar-refractivity contribution in [1.29, 1.82) is 0 Å². The Morgan fingerprint density at radius 1 is 1.23 bits per heavy atom. The fourth-order valence-corrected chi connectivity index (χ4v) is 2.67. The van der Waals surface area contributed by atoms with Crippen molar-refractivity contribution in [2.75, 3.05) is 18.4 Å². The van der Waals surface area contributed by atoms with E-state index in [2.05, 4.69) is 15.5 Å². The second kappa shape index (κ2) is 6.01. The monoisotopic (exact) mass is 298 g/mol. The summed E-state index contributed by atoms with van der Waals surface area (Å²) >= 11 is 0. The van der Waals surface area contributed by atoms with Crippen LogP contribution in [-0.2, 0) is 0 Å². The molecule has 0 unspecified atom stereocenters. The summed E-state index contributed by atoms with van der Waals surface area (Å²) in [5.74, 6) is -0.237. The molecule has 6 nitrogen and oxygen atoms in total. The number of aromatic nitrogens is 2. The van der Waals surface area contributed by atoms with Gasteiger partial charge in [-0.1, -0.05) is 6.07 Å². The van der Waals surface area contributed by atoms with Gasteiger partial charge >= 0.3 is 0 Å². The summed E-state index contributed by atoms with van der Waals surface area (Å²) in [5, 5.41) is 9.20. The smallest absolute Gasteiger partial charge is 0.273 e. The summed E-state index contributed by atoms with van der Waals surface area (Å²) < 4.78 is 0. The van der Waals surface area contributed by atoms with Crippen molar-refractivity contribution in [1.82, 2.24) is 15.1 Å². The summed E-state index contributed by atoms with van der Waals surface area (Å²) in [6, 6.07) is 7.00. The number of H-pyrrole nitrogens is 1. The SMILES string of the molecule is Cc1c(NC(=O)c2ccn[nH]2)cccc1C(=O)N1CCCC1. The zero-order valence-electron chi connectivity index (χ0n) is 12.4. The molecule has 6 heteroatoms. The summed E-state index contributed by atoms with van der Waals surface area (Å²) in [5.41, 5.74) is 2.46. The van der Waals surface area contributed by atoms with Crippen LogP contribution in [0.1, 0.15) is 39.3 Å². The van der Waals surface area contributed by atoms with Gasteiger partial charge in [0.2, 0.25) is 0 Å². The molecule has 22 heavy (non-hydrogen) atoms. The largest absolute Gasteiger partial charge is 0.339 e. The van der Waals surface area contributed by atoms with E-state index in [1.165, 1.54) is 6.20 Å². The molecule has 1 aliphatic rings. The summed E-state index contributed by atoms with van der Waals surface area (Å²) in [7, 11) is 0. The van der Waals surface area contributed by atoms with Gasteiger partial charge in [-0.2, -0.15) is 5.10 Å². The molecule has 2 N–H and O–H groups in total. The lowest BCUT2D eigenvalue weighted by atomic mass is 10.1. The Hall–Kier alpha value is -2.63. The molecule has 2 amide bonds. The van der Waals surface area contributed by atoms with Gasteiger partial charge < -0.3 is 10.2 Å². The first kappa shape index (κ1) is 14.3. The number of anilines is 1. The van der Waals surface area contributed by atoms with E-state index in [1.54, 1.807) is 18.2 Å². The van der Waals surface area contributed by atoms with Crippen molar-refractivity contribution < 1.29 is 9.59 Å². The molecule has 0 atom stereocenters. The van der Waals surface area contributed by atoms with Gasteiger partial charge in [0.05, 0.1) is 0 Å². The number of aromatic amines is 1. The van der Waals surface area contributed by atoms with Crippen molar-refractivity contribution in [3.63, 3.8) is 0 Å². The first-order valence-electron chi connectivity index (χ1n) is 7.36. The average Bonchev–Trinajstić information content (AvgIpc) is 3.22. The minimum atomic E-state index is -0.272. The molecule has 114 valence electrons. The number of benzene rings is 1. The normalized spacial score (nSPS) is 14.1. The highest BCUT2D eigenvalue weighted by Crippen LogP contribution is 2.22. The number of likely N-dealkylation sites (tertiary alicyclic amines) is 1. The molecule has 0 bridgehead atoms. The average molecular weight is 298 g/mol. The van der Waals surface area contributed by atoms with Crippen LogP contribution in [0.2, 0.25) is 0 Å². The predicted molar refractivity (Wildman–Crippen MR) is 82.9 cm³/mol. The molecule has 3 rings (SSSR count). The molecule has 2 heterocycles. The number of hydrogen-bond acceptors (Lipinski definition) is 3. The molecule has 0 saturated carbocycles. The van der Waals surface area contributed by atoms with Gasteiger partial charge in [0.1, 0.15) is 5.69 Å². The Morgan fingerprint density at radius 3 is 2.68 bits per heavy atom. The van der Waals surface area contributed by atoms with Crippen LogP contribution < -0.4 is 5.32 Å². The number of rotatable bonds is 3. The number of amides is 2. The first-order chi connectivity index (χ1) is 10.7.